The average Bonchev–Trinajstić information content (AvgIpc) is 3.32. The SMILES string of the molecule is N[C@H](Cc1ccc(Cl)cc1)C(=O)N1CCC[C@H]1C(=O)NCc1cccs1. The summed E-state index contributed by atoms with van der Waals surface area (Å²) in [6, 6.07) is 10.1. The number of benzene rings is 1. The fourth-order valence-corrected chi connectivity index (χ4v) is 3.95. The highest BCUT2D eigenvalue weighted by Gasteiger charge is 2.35. The van der Waals surface area contributed by atoms with Crippen LogP contribution in [0.25, 0.3) is 0 Å². The smallest absolute Gasteiger partial charge is 0.243 e. The molecule has 0 spiro atoms. The Morgan fingerprint density at radius 3 is 2.77 bits per heavy atom. The third-order valence-corrected chi connectivity index (χ3v) is 5.67. The van der Waals surface area contributed by atoms with Gasteiger partial charge in [-0.1, -0.05) is 29.8 Å². The summed E-state index contributed by atoms with van der Waals surface area (Å²) in [7, 11) is 0. The number of thiophene rings is 1. The van der Waals surface area contributed by atoms with Gasteiger partial charge in [0, 0.05) is 16.4 Å². The van der Waals surface area contributed by atoms with Crippen LogP contribution in [-0.2, 0) is 22.6 Å². The molecule has 1 fully saturated rings. The maximum atomic E-state index is 12.8. The van der Waals surface area contributed by atoms with Crippen LogP contribution in [-0.4, -0.2) is 35.3 Å². The number of likely N-dealkylation sites (tertiary alicyclic amines) is 1. The summed E-state index contributed by atoms with van der Waals surface area (Å²) in [5.74, 6) is -0.281. The molecule has 1 aromatic heterocycles. The van der Waals surface area contributed by atoms with Crippen molar-refractivity contribution in [2.45, 2.75) is 37.9 Å². The first kappa shape index (κ1) is 18.9. The van der Waals surface area contributed by atoms with Crippen molar-refractivity contribution in [1.29, 1.82) is 0 Å². The van der Waals surface area contributed by atoms with Crippen molar-refractivity contribution in [3.8, 4) is 0 Å². The molecule has 1 saturated heterocycles. The number of nitrogens with two attached hydrogens (primary N) is 1. The van der Waals surface area contributed by atoms with Crippen molar-refractivity contribution in [3.63, 3.8) is 0 Å². The lowest BCUT2D eigenvalue weighted by molar-refractivity contribution is -0.139. The van der Waals surface area contributed by atoms with Crippen LogP contribution < -0.4 is 11.1 Å². The Bertz CT molecular complexity index is 749. The van der Waals surface area contributed by atoms with Crippen molar-refractivity contribution in [2.75, 3.05) is 6.54 Å². The maximum Gasteiger partial charge on any atom is 0.243 e. The highest BCUT2D eigenvalue weighted by Crippen LogP contribution is 2.20. The zero-order chi connectivity index (χ0) is 18.5. The first-order chi connectivity index (χ1) is 12.5. The van der Waals surface area contributed by atoms with Crippen LogP contribution in [0.3, 0.4) is 0 Å². The van der Waals surface area contributed by atoms with Gasteiger partial charge in [0.1, 0.15) is 6.04 Å². The van der Waals surface area contributed by atoms with E-state index in [1.165, 1.54) is 0 Å². The van der Waals surface area contributed by atoms with Crippen molar-refractivity contribution >= 4 is 34.8 Å². The number of hydrogen-bond acceptors (Lipinski definition) is 4. The van der Waals surface area contributed by atoms with E-state index in [0.717, 1.165) is 16.9 Å². The van der Waals surface area contributed by atoms with Crippen LogP contribution in [0.15, 0.2) is 41.8 Å². The van der Waals surface area contributed by atoms with Gasteiger partial charge in [-0.2, -0.15) is 0 Å². The minimum absolute atomic E-state index is 0.108. The number of hydrogen-bond donors (Lipinski definition) is 2. The first-order valence-electron chi connectivity index (χ1n) is 8.65. The molecule has 7 heteroatoms. The molecule has 5 nitrogen and oxygen atoms in total. The van der Waals surface area contributed by atoms with E-state index in [4.69, 9.17) is 17.3 Å². The van der Waals surface area contributed by atoms with Gasteiger partial charge in [-0.15, -0.1) is 11.3 Å². The molecule has 138 valence electrons. The Labute approximate surface area is 162 Å². The third-order valence-electron chi connectivity index (χ3n) is 4.54. The fraction of sp³-hybridized carbons (Fsp3) is 0.368. The lowest BCUT2D eigenvalue weighted by Crippen LogP contribution is -2.51. The molecule has 3 rings (SSSR count). The second-order valence-corrected chi connectivity index (χ2v) is 7.89. The Kier molecular flexibility index (Phi) is 6.29. The minimum Gasteiger partial charge on any atom is -0.349 e. The molecule has 1 aliphatic rings. The van der Waals surface area contributed by atoms with Crippen molar-refractivity contribution in [1.82, 2.24) is 10.2 Å². The quantitative estimate of drug-likeness (QED) is 0.794. The zero-order valence-corrected chi connectivity index (χ0v) is 15.9. The summed E-state index contributed by atoms with van der Waals surface area (Å²) in [4.78, 5) is 28.0. The minimum atomic E-state index is -0.665. The van der Waals surface area contributed by atoms with Crippen molar-refractivity contribution < 1.29 is 9.59 Å². The molecule has 0 saturated carbocycles. The Hall–Kier alpha value is -1.89. The second-order valence-electron chi connectivity index (χ2n) is 6.42. The summed E-state index contributed by atoms with van der Waals surface area (Å²) in [6.07, 6.45) is 1.92. The van der Waals surface area contributed by atoms with Crippen LogP contribution in [0.4, 0.5) is 0 Å². The molecule has 3 N–H and O–H groups in total. The summed E-state index contributed by atoms with van der Waals surface area (Å²) in [6.45, 7) is 1.07. The molecule has 0 radical (unpaired) electrons. The molecule has 26 heavy (non-hydrogen) atoms. The van der Waals surface area contributed by atoms with Crippen LogP contribution >= 0.6 is 22.9 Å². The molecule has 1 aliphatic heterocycles. The van der Waals surface area contributed by atoms with E-state index in [2.05, 4.69) is 5.32 Å². The van der Waals surface area contributed by atoms with E-state index in [-0.39, 0.29) is 11.8 Å². The molecule has 0 unspecified atom stereocenters. The van der Waals surface area contributed by atoms with Crippen molar-refractivity contribution in [2.24, 2.45) is 5.73 Å². The zero-order valence-electron chi connectivity index (χ0n) is 14.4. The predicted molar refractivity (Wildman–Crippen MR) is 104 cm³/mol. The molecule has 2 heterocycles. The predicted octanol–water partition coefficient (Wildman–Crippen LogP) is 2.58. The molecule has 2 atom stereocenters. The highest BCUT2D eigenvalue weighted by atomic mass is 35.5. The topological polar surface area (TPSA) is 75.4 Å². The molecular weight excluding hydrogens is 370 g/mol. The molecule has 0 bridgehead atoms. The fourth-order valence-electron chi connectivity index (χ4n) is 3.18. The molecule has 0 aliphatic carbocycles. The van der Waals surface area contributed by atoms with Gasteiger partial charge in [-0.05, 0) is 48.4 Å². The summed E-state index contributed by atoms with van der Waals surface area (Å²) < 4.78 is 0. The Morgan fingerprint density at radius 1 is 1.31 bits per heavy atom. The van der Waals surface area contributed by atoms with Crippen LogP contribution in [0.2, 0.25) is 5.02 Å². The molecule has 1 aromatic carbocycles. The van der Waals surface area contributed by atoms with Crippen LogP contribution in [0.1, 0.15) is 23.3 Å². The number of nitrogens with one attached hydrogen (secondary N) is 1. The largest absolute Gasteiger partial charge is 0.349 e. The monoisotopic (exact) mass is 391 g/mol. The van der Waals surface area contributed by atoms with E-state index in [9.17, 15) is 9.59 Å². The Morgan fingerprint density at radius 2 is 2.08 bits per heavy atom. The standard InChI is InChI=1S/C19H22ClN3O2S/c20-14-7-5-13(6-8-14)11-16(21)19(25)23-9-1-4-17(23)18(24)22-12-15-3-2-10-26-15/h2-3,5-8,10,16-17H,1,4,9,11-12,21H2,(H,22,24)/t16-,17+/m1/s1. The Balaban J connectivity index is 1.58. The molecule has 2 amide bonds. The molecular formula is C19H22ClN3O2S. The van der Waals surface area contributed by atoms with Crippen molar-refractivity contribution in [3.05, 3.63) is 57.2 Å². The number of carbonyl (C=O) groups is 2. The third kappa shape index (κ3) is 4.63. The van der Waals surface area contributed by atoms with E-state index in [1.54, 1.807) is 28.4 Å². The van der Waals surface area contributed by atoms with Gasteiger partial charge in [0.25, 0.3) is 0 Å². The van der Waals surface area contributed by atoms with E-state index >= 15 is 0 Å². The normalized spacial score (nSPS) is 17.9. The lowest BCUT2D eigenvalue weighted by Gasteiger charge is -2.26. The summed E-state index contributed by atoms with van der Waals surface area (Å²) in [5, 5.41) is 5.55. The van der Waals surface area contributed by atoms with Crippen LogP contribution in [0.5, 0.6) is 0 Å². The number of nitrogens with zero attached hydrogens (tertiary/aromatic N) is 1. The van der Waals surface area contributed by atoms with Gasteiger partial charge < -0.3 is 16.0 Å². The number of halogens is 1. The van der Waals surface area contributed by atoms with Gasteiger partial charge in [0.15, 0.2) is 0 Å². The van der Waals surface area contributed by atoms with Gasteiger partial charge >= 0.3 is 0 Å². The number of carbonyl (C=O) groups excluding carboxylic acids is 2. The van der Waals surface area contributed by atoms with Gasteiger partial charge in [0.2, 0.25) is 11.8 Å². The first-order valence-corrected chi connectivity index (χ1v) is 9.91. The molecule has 2 aromatic rings. The van der Waals surface area contributed by atoms with E-state index in [1.807, 2.05) is 29.6 Å². The van der Waals surface area contributed by atoms with Crippen LogP contribution in [0, 0.1) is 0 Å². The number of rotatable bonds is 6. The lowest BCUT2D eigenvalue weighted by atomic mass is 10.1. The van der Waals surface area contributed by atoms with E-state index in [0.29, 0.717) is 31.0 Å². The second kappa shape index (κ2) is 8.66. The van der Waals surface area contributed by atoms with Gasteiger partial charge in [0.05, 0.1) is 12.6 Å². The maximum absolute atomic E-state index is 12.8. The number of amides is 2. The van der Waals surface area contributed by atoms with E-state index < -0.39 is 12.1 Å². The summed E-state index contributed by atoms with van der Waals surface area (Å²) in [5.41, 5.74) is 7.08. The summed E-state index contributed by atoms with van der Waals surface area (Å²) >= 11 is 7.48. The van der Waals surface area contributed by atoms with Gasteiger partial charge in [-0.25, -0.2) is 0 Å². The van der Waals surface area contributed by atoms with Gasteiger partial charge in [-0.3, -0.25) is 9.59 Å². The highest BCUT2D eigenvalue weighted by molar-refractivity contribution is 7.09. The average molecular weight is 392 g/mol.